The molecule has 2 amide bonds. The Bertz CT molecular complexity index is 845. The molecule has 3 rings (SSSR count). The highest BCUT2D eigenvalue weighted by Gasteiger charge is 2.18. The molecule has 5 nitrogen and oxygen atoms in total. The first-order valence-corrected chi connectivity index (χ1v) is 8.79. The number of hydrogen-bond donors (Lipinski definition) is 1. The number of nitrogens with one attached hydrogen (secondary N) is 1. The molecule has 2 aromatic carbocycles. The average Bonchev–Trinajstić information content (AvgIpc) is 2.61. The number of aryl methyl sites for hydroxylation is 2. The number of carbonyl (C=O) groups excluding carboxylic acids is 2. The van der Waals surface area contributed by atoms with Crippen LogP contribution in [0.15, 0.2) is 36.4 Å². The van der Waals surface area contributed by atoms with E-state index in [9.17, 15) is 9.59 Å². The minimum absolute atomic E-state index is 0.0407. The summed E-state index contributed by atoms with van der Waals surface area (Å²) in [5.74, 6) is 0.597. The van der Waals surface area contributed by atoms with E-state index in [1.807, 2.05) is 55.1 Å². The number of carbonyl (C=O) groups is 2. The third-order valence-electron chi connectivity index (χ3n) is 4.65. The molecule has 5 heteroatoms. The fourth-order valence-electron chi connectivity index (χ4n) is 3.11. The first-order chi connectivity index (χ1) is 12.4. The Morgan fingerprint density at radius 2 is 1.92 bits per heavy atom. The van der Waals surface area contributed by atoms with Gasteiger partial charge in [-0.1, -0.05) is 18.2 Å². The predicted molar refractivity (Wildman–Crippen MR) is 101 cm³/mol. The van der Waals surface area contributed by atoms with Gasteiger partial charge in [0.2, 0.25) is 5.91 Å². The number of rotatable bonds is 4. The van der Waals surface area contributed by atoms with Gasteiger partial charge in [-0.15, -0.1) is 0 Å². The number of ether oxygens (including phenoxy) is 1. The summed E-state index contributed by atoms with van der Waals surface area (Å²) in [6, 6.07) is 11.8. The molecule has 26 heavy (non-hydrogen) atoms. The van der Waals surface area contributed by atoms with Crippen LogP contribution in [0.4, 0.5) is 5.69 Å². The van der Waals surface area contributed by atoms with Gasteiger partial charge in [-0.3, -0.25) is 9.59 Å². The summed E-state index contributed by atoms with van der Waals surface area (Å²) in [7, 11) is 0. The standard InChI is InChI=1S/C21H24N2O3/c1-14-4-5-15(2)20(10-14)26-13-21(25)22-19-7-6-17-8-9-23(16(3)24)12-18(17)11-19/h4-7,10-11H,8-9,12-13H2,1-3H3,(H,22,25). The normalized spacial score (nSPS) is 13.1. The van der Waals surface area contributed by atoms with Gasteiger partial charge in [-0.05, 0) is 60.7 Å². The zero-order valence-corrected chi connectivity index (χ0v) is 15.5. The molecule has 0 fully saturated rings. The Morgan fingerprint density at radius 1 is 1.12 bits per heavy atom. The molecule has 0 aromatic heterocycles. The fourth-order valence-corrected chi connectivity index (χ4v) is 3.11. The second-order valence-corrected chi connectivity index (χ2v) is 6.78. The minimum atomic E-state index is -0.204. The summed E-state index contributed by atoms with van der Waals surface area (Å²) >= 11 is 0. The topological polar surface area (TPSA) is 58.6 Å². The van der Waals surface area contributed by atoms with Crippen molar-refractivity contribution in [3.8, 4) is 5.75 Å². The van der Waals surface area contributed by atoms with E-state index in [0.717, 1.165) is 41.1 Å². The van der Waals surface area contributed by atoms with Crippen molar-refractivity contribution in [2.24, 2.45) is 0 Å². The Balaban J connectivity index is 1.62. The maximum absolute atomic E-state index is 12.2. The van der Waals surface area contributed by atoms with Crippen LogP contribution in [0.1, 0.15) is 29.2 Å². The summed E-state index contributed by atoms with van der Waals surface area (Å²) in [5.41, 5.74) is 5.13. The molecule has 0 aliphatic carbocycles. The van der Waals surface area contributed by atoms with Crippen LogP contribution in [0, 0.1) is 13.8 Å². The zero-order valence-electron chi connectivity index (χ0n) is 15.5. The van der Waals surface area contributed by atoms with Crippen molar-refractivity contribution in [2.45, 2.75) is 33.7 Å². The number of anilines is 1. The second-order valence-electron chi connectivity index (χ2n) is 6.78. The van der Waals surface area contributed by atoms with Gasteiger partial charge < -0.3 is 15.0 Å². The highest BCUT2D eigenvalue weighted by molar-refractivity contribution is 5.92. The molecule has 1 heterocycles. The molecule has 0 spiro atoms. The minimum Gasteiger partial charge on any atom is -0.483 e. The van der Waals surface area contributed by atoms with Crippen LogP contribution in [0.5, 0.6) is 5.75 Å². The molecule has 0 bridgehead atoms. The SMILES string of the molecule is CC(=O)N1CCc2ccc(NC(=O)COc3cc(C)ccc3C)cc2C1. The van der Waals surface area contributed by atoms with Gasteiger partial charge in [0.25, 0.3) is 5.91 Å². The van der Waals surface area contributed by atoms with E-state index in [1.165, 1.54) is 5.56 Å². The number of fused-ring (bicyclic) bond motifs is 1. The second kappa shape index (κ2) is 7.60. The maximum atomic E-state index is 12.2. The summed E-state index contributed by atoms with van der Waals surface area (Å²) in [6.45, 7) is 6.83. The smallest absolute Gasteiger partial charge is 0.262 e. The van der Waals surface area contributed by atoms with Gasteiger partial charge in [0.05, 0.1) is 0 Å². The van der Waals surface area contributed by atoms with E-state index < -0.39 is 0 Å². The largest absolute Gasteiger partial charge is 0.483 e. The molecule has 1 aliphatic rings. The van der Waals surface area contributed by atoms with Crippen LogP contribution in [0.3, 0.4) is 0 Å². The van der Waals surface area contributed by atoms with E-state index in [2.05, 4.69) is 5.32 Å². The Morgan fingerprint density at radius 3 is 2.69 bits per heavy atom. The lowest BCUT2D eigenvalue weighted by atomic mass is 9.99. The van der Waals surface area contributed by atoms with Crippen molar-refractivity contribution >= 4 is 17.5 Å². The highest BCUT2D eigenvalue weighted by Crippen LogP contribution is 2.23. The molecule has 0 saturated heterocycles. The predicted octanol–water partition coefficient (Wildman–Crippen LogP) is 3.23. The van der Waals surface area contributed by atoms with Gasteiger partial charge >= 0.3 is 0 Å². The van der Waals surface area contributed by atoms with E-state index >= 15 is 0 Å². The lowest BCUT2D eigenvalue weighted by molar-refractivity contribution is -0.129. The number of benzene rings is 2. The van der Waals surface area contributed by atoms with Crippen molar-refractivity contribution in [3.05, 3.63) is 58.7 Å². The highest BCUT2D eigenvalue weighted by atomic mass is 16.5. The van der Waals surface area contributed by atoms with Gasteiger partial charge in [-0.25, -0.2) is 0 Å². The van der Waals surface area contributed by atoms with Crippen LogP contribution in [0.2, 0.25) is 0 Å². The van der Waals surface area contributed by atoms with E-state index in [0.29, 0.717) is 6.54 Å². The number of amides is 2. The van der Waals surface area contributed by atoms with Crippen molar-refractivity contribution in [2.75, 3.05) is 18.5 Å². The molecule has 0 unspecified atom stereocenters. The van der Waals surface area contributed by atoms with Crippen molar-refractivity contribution in [3.63, 3.8) is 0 Å². The van der Waals surface area contributed by atoms with Gasteiger partial charge in [0, 0.05) is 25.7 Å². The Labute approximate surface area is 154 Å². The summed E-state index contributed by atoms with van der Waals surface area (Å²) in [6.07, 6.45) is 0.846. The molecule has 2 aromatic rings. The molecule has 0 radical (unpaired) electrons. The Kier molecular flexibility index (Phi) is 5.26. The first-order valence-electron chi connectivity index (χ1n) is 8.79. The maximum Gasteiger partial charge on any atom is 0.262 e. The lowest BCUT2D eigenvalue weighted by Crippen LogP contribution is -2.34. The third-order valence-corrected chi connectivity index (χ3v) is 4.65. The van der Waals surface area contributed by atoms with E-state index in [1.54, 1.807) is 6.92 Å². The van der Waals surface area contributed by atoms with Crippen LogP contribution >= 0.6 is 0 Å². The van der Waals surface area contributed by atoms with Crippen molar-refractivity contribution in [1.82, 2.24) is 4.90 Å². The van der Waals surface area contributed by atoms with Gasteiger partial charge in [-0.2, -0.15) is 0 Å². The molecule has 136 valence electrons. The van der Waals surface area contributed by atoms with Crippen LogP contribution in [0.25, 0.3) is 0 Å². The van der Waals surface area contributed by atoms with Crippen LogP contribution in [-0.2, 0) is 22.6 Å². The molecule has 1 aliphatic heterocycles. The summed E-state index contributed by atoms with van der Waals surface area (Å²) in [5, 5.41) is 2.87. The summed E-state index contributed by atoms with van der Waals surface area (Å²) in [4.78, 5) is 25.6. The molecule has 0 atom stereocenters. The fraction of sp³-hybridized carbons (Fsp3) is 0.333. The average molecular weight is 352 g/mol. The van der Waals surface area contributed by atoms with Gasteiger partial charge in [0.15, 0.2) is 6.61 Å². The number of nitrogens with zero attached hydrogens (tertiary/aromatic N) is 1. The molecule has 0 saturated carbocycles. The van der Waals surface area contributed by atoms with E-state index in [4.69, 9.17) is 4.74 Å². The molecule has 1 N–H and O–H groups in total. The van der Waals surface area contributed by atoms with Gasteiger partial charge in [0.1, 0.15) is 5.75 Å². The first kappa shape index (κ1) is 18.0. The van der Waals surface area contributed by atoms with Crippen LogP contribution < -0.4 is 10.1 Å². The quantitative estimate of drug-likeness (QED) is 0.919. The summed E-state index contributed by atoms with van der Waals surface area (Å²) < 4.78 is 5.65. The Hall–Kier alpha value is -2.82. The molecular formula is C21H24N2O3. The zero-order chi connectivity index (χ0) is 18.7. The van der Waals surface area contributed by atoms with Crippen molar-refractivity contribution in [1.29, 1.82) is 0 Å². The monoisotopic (exact) mass is 352 g/mol. The third kappa shape index (κ3) is 4.23. The lowest BCUT2D eigenvalue weighted by Gasteiger charge is -2.28. The number of hydrogen-bond acceptors (Lipinski definition) is 3. The van der Waals surface area contributed by atoms with E-state index in [-0.39, 0.29) is 18.4 Å². The molecular weight excluding hydrogens is 328 g/mol. The van der Waals surface area contributed by atoms with Crippen molar-refractivity contribution < 1.29 is 14.3 Å². The van der Waals surface area contributed by atoms with Crippen LogP contribution in [-0.4, -0.2) is 29.9 Å².